The molecular weight excluding hydrogens is 178 g/mol. The van der Waals surface area contributed by atoms with Crippen LogP contribution in [0, 0.1) is 0 Å². The van der Waals surface area contributed by atoms with E-state index in [4.69, 9.17) is 0 Å². The minimum Gasteiger partial charge on any atom is -0.205 e. The maximum Gasteiger partial charge on any atom is 0.0872 e. The summed E-state index contributed by atoms with van der Waals surface area (Å²) in [7, 11) is 0. The fourth-order valence-electron chi connectivity index (χ4n) is 1.38. The molecule has 0 unspecified atom stereocenters. The first-order chi connectivity index (χ1) is 6.40. The number of hydrogen-bond acceptors (Lipinski definition) is 2. The average Bonchev–Trinajstić information content (AvgIpc) is 2.18. The van der Waals surface area contributed by atoms with Crippen molar-refractivity contribution in [2.45, 2.75) is 24.7 Å². The number of thioether (sulfide) groups is 1. The minimum atomic E-state index is 1.07. The minimum absolute atomic E-state index is 1.07. The van der Waals surface area contributed by atoms with E-state index in [0.29, 0.717) is 0 Å². The van der Waals surface area contributed by atoms with E-state index in [1.807, 2.05) is 5.41 Å². The maximum atomic E-state index is 4.21. The third kappa shape index (κ3) is 1.85. The van der Waals surface area contributed by atoms with Gasteiger partial charge >= 0.3 is 0 Å². The second-order valence-corrected chi connectivity index (χ2v) is 3.94. The highest BCUT2D eigenvalue weighted by Gasteiger charge is 2.04. The highest BCUT2D eigenvalue weighted by Crippen LogP contribution is 2.32. The van der Waals surface area contributed by atoms with Crippen molar-refractivity contribution in [3.05, 3.63) is 29.2 Å². The van der Waals surface area contributed by atoms with E-state index < -0.39 is 0 Å². The first-order valence-electron chi connectivity index (χ1n) is 4.47. The number of aryl methyl sites for hydroxylation is 1. The van der Waals surface area contributed by atoms with Crippen LogP contribution in [0.1, 0.15) is 18.9 Å². The Balaban J connectivity index is 2.36. The molecule has 0 saturated heterocycles. The number of hydrogen-bond donors (Lipinski definition) is 0. The van der Waals surface area contributed by atoms with Crippen molar-refractivity contribution in [3.8, 4) is 0 Å². The summed E-state index contributed by atoms with van der Waals surface area (Å²) in [5.74, 6) is 2.87. The Hall–Kier alpha value is -0.980. The molecular formula is C11H11NS. The second kappa shape index (κ2) is 3.82. The van der Waals surface area contributed by atoms with E-state index in [-0.39, 0.29) is 0 Å². The van der Waals surface area contributed by atoms with Gasteiger partial charge in [-0.3, -0.25) is 0 Å². The molecule has 0 aromatic heterocycles. The third-order valence-electron chi connectivity index (χ3n) is 1.99. The molecule has 0 amide bonds. The van der Waals surface area contributed by atoms with Gasteiger partial charge in [0.2, 0.25) is 0 Å². The molecule has 1 aromatic carbocycles. The molecule has 2 heteroatoms. The van der Waals surface area contributed by atoms with Crippen LogP contribution in [0.25, 0.3) is 0 Å². The summed E-state index contributed by atoms with van der Waals surface area (Å²) in [6, 6.07) is 6.49. The highest BCUT2D eigenvalue weighted by molar-refractivity contribution is 8.02. The smallest absolute Gasteiger partial charge is 0.0872 e. The molecule has 1 nitrogen and oxygen atoms in total. The molecule has 0 radical (unpaired) electrons. The molecule has 0 spiro atoms. The summed E-state index contributed by atoms with van der Waals surface area (Å²) in [6.07, 6.45) is 2.32. The van der Waals surface area contributed by atoms with Crippen molar-refractivity contribution in [1.29, 1.82) is 0 Å². The molecule has 0 bridgehead atoms. The molecule has 0 aliphatic carbocycles. The summed E-state index contributed by atoms with van der Waals surface area (Å²) >= 11 is 1.69. The zero-order valence-corrected chi connectivity index (χ0v) is 8.40. The Kier molecular flexibility index (Phi) is 2.53. The van der Waals surface area contributed by atoms with E-state index >= 15 is 0 Å². The SMILES string of the molecule is CCCc1ccc2c(c1)N=C=CS2. The van der Waals surface area contributed by atoms with E-state index in [2.05, 4.69) is 36.0 Å². The molecule has 1 aromatic rings. The summed E-state index contributed by atoms with van der Waals surface area (Å²) in [5.41, 5.74) is 2.44. The number of benzene rings is 1. The molecule has 0 N–H and O–H groups in total. The van der Waals surface area contributed by atoms with Crippen molar-refractivity contribution in [1.82, 2.24) is 0 Å². The number of rotatable bonds is 2. The molecule has 1 aliphatic rings. The predicted molar refractivity (Wildman–Crippen MR) is 58.0 cm³/mol. The largest absolute Gasteiger partial charge is 0.205 e. The first-order valence-corrected chi connectivity index (χ1v) is 5.35. The summed E-state index contributed by atoms with van der Waals surface area (Å²) in [4.78, 5) is 5.44. The molecule has 66 valence electrons. The van der Waals surface area contributed by atoms with Gasteiger partial charge in [0.1, 0.15) is 0 Å². The lowest BCUT2D eigenvalue weighted by Gasteiger charge is -2.06. The van der Waals surface area contributed by atoms with Gasteiger partial charge in [-0.1, -0.05) is 31.2 Å². The summed E-state index contributed by atoms with van der Waals surface area (Å²) in [6.45, 7) is 2.19. The zero-order valence-electron chi connectivity index (χ0n) is 7.58. The van der Waals surface area contributed by atoms with Crippen molar-refractivity contribution < 1.29 is 0 Å². The number of fused-ring (bicyclic) bond motifs is 1. The fraction of sp³-hybridized carbons (Fsp3) is 0.273. The lowest BCUT2D eigenvalue weighted by molar-refractivity contribution is 0.920. The molecule has 13 heavy (non-hydrogen) atoms. The lowest BCUT2D eigenvalue weighted by atomic mass is 10.1. The zero-order chi connectivity index (χ0) is 9.10. The van der Waals surface area contributed by atoms with E-state index in [1.54, 1.807) is 11.8 Å². The molecule has 2 rings (SSSR count). The normalized spacial score (nSPS) is 13.0. The van der Waals surface area contributed by atoms with E-state index in [0.717, 1.165) is 12.1 Å². The molecule has 0 saturated carbocycles. The third-order valence-corrected chi connectivity index (χ3v) is 2.81. The van der Waals surface area contributed by atoms with Gasteiger partial charge in [-0.05, 0) is 30.0 Å². The van der Waals surface area contributed by atoms with Gasteiger partial charge in [0, 0.05) is 10.3 Å². The van der Waals surface area contributed by atoms with Gasteiger partial charge < -0.3 is 0 Å². The van der Waals surface area contributed by atoms with E-state index in [9.17, 15) is 0 Å². The molecule has 1 aliphatic heterocycles. The monoisotopic (exact) mass is 189 g/mol. The van der Waals surface area contributed by atoms with Gasteiger partial charge in [0.25, 0.3) is 0 Å². The van der Waals surface area contributed by atoms with E-state index in [1.165, 1.54) is 16.9 Å². The Morgan fingerprint density at radius 3 is 3.23 bits per heavy atom. The van der Waals surface area contributed by atoms with Crippen LogP contribution in [-0.4, -0.2) is 5.87 Å². The lowest BCUT2D eigenvalue weighted by Crippen LogP contribution is -1.84. The summed E-state index contributed by atoms with van der Waals surface area (Å²) in [5, 5.41) is 1.89. The standard InChI is InChI=1S/C11H11NS/c1-2-3-9-4-5-11-10(8-9)12-6-7-13-11/h4-5,7-8H,2-3H2,1H3. The van der Waals surface area contributed by atoms with Crippen LogP contribution in [0.2, 0.25) is 0 Å². The average molecular weight is 189 g/mol. The first kappa shape index (κ1) is 8.61. The van der Waals surface area contributed by atoms with Crippen LogP contribution < -0.4 is 0 Å². The van der Waals surface area contributed by atoms with Crippen LogP contribution in [0.5, 0.6) is 0 Å². The Bertz CT molecular complexity index is 376. The quantitative estimate of drug-likeness (QED) is 0.693. The Morgan fingerprint density at radius 1 is 1.46 bits per heavy atom. The van der Waals surface area contributed by atoms with Gasteiger partial charge in [-0.25, -0.2) is 4.99 Å². The van der Waals surface area contributed by atoms with Crippen LogP contribution in [-0.2, 0) is 6.42 Å². The molecule has 0 atom stereocenters. The van der Waals surface area contributed by atoms with Gasteiger partial charge in [0.15, 0.2) is 0 Å². The Labute approximate surface area is 82.6 Å². The number of nitrogens with zero attached hydrogens (tertiary/aromatic N) is 1. The van der Waals surface area contributed by atoms with Gasteiger partial charge in [0.05, 0.1) is 5.69 Å². The predicted octanol–water partition coefficient (Wildman–Crippen LogP) is 3.56. The second-order valence-electron chi connectivity index (χ2n) is 3.03. The van der Waals surface area contributed by atoms with Crippen molar-refractivity contribution >= 4 is 23.3 Å². The van der Waals surface area contributed by atoms with Crippen molar-refractivity contribution in [2.24, 2.45) is 4.99 Å². The van der Waals surface area contributed by atoms with Crippen molar-refractivity contribution in [2.75, 3.05) is 0 Å². The van der Waals surface area contributed by atoms with Gasteiger partial charge in [-0.2, -0.15) is 0 Å². The Morgan fingerprint density at radius 2 is 2.38 bits per heavy atom. The van der Waals surface area contributed by atoms with Crippen molar-refractivity contribution in [3.63, 3.8) is 0 Å². The highest BCUT2D eigenvalue weighted by atomic mass is 32.2. The van der Waals surface area contributed by atoms with Crippen LogP contribution in [0.4, 0.5) is 5.69 Å². The maximum absolute atomic E-state index is 4.21. The number of aliphatic imine (C=N–C) groups is 1. The van der Waals surface area contributed by atoms with Crippen LogP contribution in [0.15, 0.2) is 33.5 Å². The molecule has 0 fully saturated rings. The van der Waals surface area contributed by atoms with Crippen LogP contribution in [0.3, 0.4) is 0 Å². The van der Waals surface area contributed by atoms with Crippen LogP contribution >= 0.6 is 11.8 Å². The summed E-state index contributed by atoms with van der Waals surface area (Å²) < 4.78 is 0. The topological polar surface area (TPSA) is 12.4 Å². The van der Waals surface area contributed by atoms with Gasteiger partial charge in [-0.15, -0.1) is 0 Å². The molecule has 1 heterocycles. The fourth-order valence-corrected chi connectivity index (χ4v) is 1.98.